The highest BCUT2D eigenvalue weighted by Gasteiger charge is 2.10. The van der Waals surface area contributed by atoms with Gasteiger partial charge in [0.2, 0.25) is 0 Å². The van der Waals surface area contributed by atoms with Crippen LogP contribution in [0.3, 0.4) is 0 Å². The molecule has 28 heavy (non-hydrogen) atoms. The van der Waals surface area contributed by atoms with Gasteiger partial charge in [0.05, 0.1) is 11.0 Å². The first-order valence-corrected chi connectivity index (χ1v) is 8.52. The maximum atomic E-state index is 12.3. The lowest BCUT2D eigenvalue weighted by atomic mass is 10.1. The number of anilines is 1. The van der Waals surface area contributed by atoms with Crippen LogP contribution in [0.25, 0.3) is 22.4 Å². The van der Waals surface area contributed by atoms with Gasteiger partial charge in [-0.25, -0.2) is 9.78 Å². The normalized spacial score (nSPS) is 10.6. The summed E-state index contributed by atoms with van der Waals surface area (Å²) in [5.74, 6) is 0.780. The maximum absolute atomic E-state index is 12.3. The lowest BCUT2D eigenvalue weighted by molar-refractivity contribution is 0.102. The van der Waals surface area contributed by atoms with Crippen molar-refractivity contribution < 1.29 is 14.3 Å². The Morgan fingerprint density at radius 1 is 0.964 bits per heavy atom. The summed E-state index contributed by atoms with van der Waals surface area (Å²) in [4.78, 5) is 30.9. The van der Waals surface area contributed by atoms with Crippen molar-refractivity contribution in [1.29, 1.82) is 0 Å². The first-order chi connectivity index (χ1) is 13.6. The van der Waals surface area contributed by atoms with E-state index in [9.17, 15) is 9.59 Å². The van der Waals surface area contributed by atoms with Gasteiger partial charge in [-0.1, -0.05) is 30.3 Å². The lowest BCUT2D eigenvalue weighted by Gasteiger charge is -2.05. The topological polar surface area (TPSA) is 110 Å². The summed E-state index contributed by atoms with van der Waals surface area (Å²) in [7, 11) is 0. The molecular formula is C21H16N4O3. The molecule has 0 aliphatic heterocycles. The average molecular weight is 372 g/mol. The molecule has 138 valence electrons. The number of aromatic amines is 1. The molecule has 0 saturated carbocycles. The molecular weight excluding hydrogens is 356 g/mol. The number of carbonyl (C=O) groups excluding carboxylic acids is 2. The minimum atomic E-state index is -0.875. The van der Waals surface area contributed by atoms with Gasteiger partial charge >= 0.3 is 6.09 Å². The number of rotatable bonds is 4. The second-order valence-corrected chi connectivity index (χ2v) is 6.08. The van der Waals surface area contributed by atoms with E-state index in [1.54, 1.807) is 30.3 Å². The number of aromatic nitrogens is 2. The van der Waals surface area contributed by atoms with Gasteiger partial charge in [-0.05, 0) is 36.4 Å². The van der Waals surface area contributed by atoms with E-state index in [0.29, 0.717) is 22.7 Å². The molecule has 0 bridgehead atoms. The van der Waals surface area contributed by atoms with Gasteiger partial charge in [0.15, 0.2) is 0 Å². The van der Waals surface area contributed by atoms with Gasteiger partial charge in [-0.2, -0.15) is 0 Å². The van der Waals surface area contributed by atoms with Crippen molar-refractivity contribution in [3.63, 3.8) is 0 Å². The summed E-state index contributed by atoms with van der Waals surface area (Å²) in [6, 6.07) is 21.4. The molecule has 7 nitrogen and oxygen atoms in total. The summed E-state index contributed by atoms with van der Waals surface area (Å²) in [5, 5.41) is 2.85. The highest BCUT2D eigenvalue weighted by molar-refractivity contribution is 6.04. The Bertz CT molecular complexity index is 1150. The van der Waals surface area contributed by atoms with Crippen LogP contribution in [0.4, 0.5) is 10.5 Å². The van der Waals surface area contributed by atoms with Crippen molar-refractivity contribution in [3.8, 4) is 17.1 Å². The quantitative estimate of drug-likeness (QED) is 0.504. The molecule has 4 rings (SSSR count). The van der Waals surface area contributed by atoms with Crippen LogP contribution in [-0.2, 0) is 0 Å². The van der Waals surface area contributed by atoms with Gasteiger partial charge in [-0.15, -0.1) is 0 Å². The monoisotopic (exact) mass is 372 g/mol. The van der Waals surface area contributed by atoms with Crippen LogP contribution in [0.15, 0.2) is 72.8 Å². The van der Waals surface area contributed by atoms with Crippen LogP contribution < -0.4 is 15.8 Å². The van der Waals surface area contributed by atoms with E-state index in [0.717, 1.165) is 16.8 Å². The molecule has 0 fully saturated rings. The van der Waals surface area contributed by atoms with E-state index in [4.69, 9.17) is 10.5 Å². The number of H-pyrrole nitrogens is 1. The van der Waals surface area contributed by atoms with Crippen molar-refractivity contribution in [1.82, 2.24) is 9.97 Å². The van der Waals surface area contributed by atoms with E-state index in [1.165, 1.54) is 0 Å². The number of ether oxygens (including phenoxy) is 1. The number of fused-ring (bicyclic) bond motifs is 1. The molecule has 4 aromatic rings. The molecule has 7 heteroatoms. The zero-order valence-electron chi connectivity index (χ0n) is 14.7. The Hall–Kier alpha value is -4.13. The van der Waals surface area contributed by atoms with Crippen LogP contribution in [0.5, 0.6) is 5.75 Å². The van der Waals surface area contributed by atoms with E-state index in [2.05, 4.69) is 15.3 Å². The van der Waals surface area contributed by atoms with Crippen LogP contribution in [-0.4, -0.2) is 22.0 Å². The molecule has 0 saturated heterocycles. The third-order valence-electron chi connectivity index (χ3n) is 4.13. The van der Waals surface area contributed by atoms with Gasteiger partial charge < -0.3 is 20.8 Å². The van der Waals surface area contributed by atoms with E-state index < -0.39 is 6.09 Å². The molecule has 3 aromatic carbocycles. The van der Waals surface area contributed by atoms with Gasteiger partial charge in [-0.3, -0.25) is 4.79 Å². The van der Waals surface area contributed by atoms with Crippen molar-refractivity contribution in [2.45, 2.75) is 0 Å². The Balaban J connectivity index is 1.54. The number of primary amides is 1. The standard InChI is InChI=1S/C21H16N4O3/c22-21(27)28-16-10-11-17-18(12-16)25-19(24-17)13-6-8-14(9-7-13)20(26)23-15-4-2-1-3-5-15/h1-12H,(H2,22,27)(H,23,26)(H,24,25). The molecule has 0 unspecified atom stereocenters. The molecule has 0 spiro atoms. The Morgan fingerprint density at radius 3 is 2.43 bits per heavy atom. The highest BCUT2D eigenvalue weighted by Crippen LogP contribution is 2.24. The van der Waals surface area contributed by atoms with E-state index >= 15 is 0 Å². The molecule has 4 N–H and O–H groups in total. The predicted octanol–water partition coefficient (Wildman–Crippen LogP) is 3.94. The molecule has 0 radical (unpaired) electrons. The fourth-order valence-corrected chi connectivity index (χ4v) is 2.81. The SMILES string of the molecule is NC(=O)Oc1ccc2[nH]c(-c3ccc(C(=O)Nc4ccccc4)cc3)nc2c1. The second kappa shape index (κ2) is 7.24. The van der Waals surface area contributed by atoms with Gasteiger partial charge in [0.1, 0.15) is 11.6 Å². The Morgan fingerprint density at radius 2 is 1.71 bits per heavy atom. The van der Waals surface area contributed by atoms with Crippen LogP contribution >= 0.6 is 0 Å². The number of para-hydroxylation sites is 1. The predicted molar refractivity (Wildman–Crippen MR) is 106 cm³/mol. The van der Waals surface area contributed by atoms with Crippen LogP contribution in [0.2, 0.25) is 0 Å². The number of nitrogens with one attached hydrogen (secondary N) is 2. The van der Waals surface area contributed by atoms with E-state index in [1.807, 2.05) is 42.5 Å². The smallest absolute Gasteiger partial charge is 0.409 e. The number of hydrogen-bond acceptors (Lipinski definition) is 4. The van der Waals surface area contributed by atoms with Crippen molar-refractivity contribution >= 4 is 28.7 Å². The Labute approximate surface area is 160 Å². The molecule has 0 aliphatic carbocycles. The van der Waals surface area contributed by atoms with Crippen LogP contribution in [0, 0.1) is 0 Å². The number of carbonyl (C=O) groups is 2. The van der Waals surface area contributed by atoms with Gasteiger partial charge in [0, 0.05) is 22.9 Å². The summed E-state index contributed by atoms with van der Waals surface area (Å²) < 4.78 is 4.87. The third kappa shape index (κ3) is 3.68. The Kier molecular flexibility index (Phi) is 4.47. The first kappa shape index (κ1) is 17.3. The molecule has 1 aromatic heterocycles. The summed E-state index contributed by atoms with van der Waals surface area (Å²) in [6.45, 7) is 0. The number of imidazole rings is 1. The number of nitrogens with zero attached hydrogens (tertiary/aromatic N) is 1. The lowest BCUT2D eigenvalue weighted by Crippen LogP contribution is -2.16. The largest absolute Gasteiger partial charge is 0.410 e. The van der Waals surface area contributed by atoms with Crippen molar-refractivity contribution in [2.24, 2.45) is 5.73 Å². The maximum Gasteiger partial charge on any atom is 0.409 e. The fourth-order valence-electron chi connectivity index (χ4n) is 2.81. The summed E-state index contributed by atoms with van der Waals surface area (Å²) in [5.41, 5.74) is 8.56. The van der Waals surface area contributed by atoms with E-state index in [-0.39, 0.29) is 5.91 Å². The summed E-state index contributed by atoms with van der Waals surface area (Å²) >= 11 is 0. The van der Waals surface area contributed by atoms with Gasteiger partial charge in [0.25, 0.3) is 5.91 Å². The molecule has 0 aliphatic rings. The molecule has 0 atom stereocenters. The van der Waals surface area contributed by atoms with Crippen LogP contribution in [0.1, 0.15) is 10.4 Å². The number of benzene rings is 3. The van der Waals surface area contributed by atoms with Crippen molar-refractivity contribution in [3.05, 3.63) is 78.4 Å². The first-order valence-electron chi connectivity index (χ1n) is 8.52. The second-order valence-electron chi connectivity index (χ2n) is 6.08. The highest BCUT2D eigenvalue weighted by atomic mass is 16.5. The number of nitrogens with two attached hydrogens (primary N) is 1. The fraction of sp³-hybridized carbons (Fsp3) is 0. The number of amides is 2. The zero-order valence-corrected chi connectivity index (χ0v) is 14.7. The number of hydrogen-bond donors (Lipinski definition) is 3. The van der Waals surface area contributed by atoms with Crippen molar-refractivity contribution in [2.75, 3.05) is 5.32 Å². The molecule has 2 amide bonds. The summed E-state index contributed by atoms with van der Waals surface area (Å²) in [6.07, 6.45) is -0.875. The third-order valence-corrected chi connectivity index (χ3v) is 4.13. The zero-order chi connectivity index (χ0) is 19.5. The minimum Gasteiger partial charge on any atom is -0.410 e. The molecule has 1 heterocycles. The minimum absolute atomic E-state index is 0.185. The average Bonchev–Trinajstić information content (AvgIpc) is 3.12.